The molecule has 0 fully saturated rings. The molecule has 0 atom stereocenters. The van der Waals surface area contributed by atoms with Gasteiger partial charge in [-0.05, 0) is 19.1 Å². The number of aromatic nitrogens is 2. The van der Waals surface area contributed by atoms with E-state index in [-0.39, 0.29) is 11.3 Å². The molecule has 0 saturated carbocycles. The molecule has 1 heterocycles. The molecule has 6 heteroatoms. The first kappa shape index (κ1) is 13.4. The van der Waals surface area contributed by atoms with Crippen LogP contribution in [-0.4, -0.2) is 41.5 Å². The Labute approximate surface area is 110 Å². The van der Waals surface area contributed by atoms with Crippen LogP contribution in [0.1, 0.15) is 16.2 Å². The van der Waals surface area contributed by atoms with Crippen molar-refractivity contribution in [2.75, 3.05) is 20.8 Å². The second-order valence-electron chi connectivity index (χ2n) is 4.16. The molecular formula is C13H16N2O4. The Bertz CT molecular complexity index is 619. The van der Waals surface area contributed by atoms with Gasteiger partial charge in [0, 0.05) is 13.7 Å². The molecule has 0 amide bonds. The van der Waals surface area contributed by atoms with Gasteiger partial charge in [-0.1, -0.05) is 0 Å². The zero-order chi connectivity index (χ0) is 14.0. The predicted octanol–water partition coefficient (Wildman–Crippen LogP) is 1.48. The van der Waals surface area contributed by atoms with Crippen LogP contribution in [-0.2, 0) is 16.0 Å². The minimum Gasteiger partial charge on any atom is -0.506 e. The number of aromatic hydroxyl groups is 1. The Kier molecular flexibility index (Phi) is 3.71. The monoisotopic (exact) mass is 264 g/mol. The number of carbonyl (C=O) groups is 1. The fourth-order valence-corrected chi connectivity index (χ4v) is 2.05. The third-order valence-corrected chi connectivity index (χ3v) is 2.95. The van der Waals surface area contributed by atoms with Crippen molar-refractivity contribution in [2.45, 2.75) is 13.5 Å². The van der Waals surface area contributed by atoms with E-state index in [0.29, 0.717) is 24.2 Å². The van der Waals surface area contributed by atoms with Gasteiger partial charge < -0.3 is 19.1 Å². The van der Waals surface area contributed by atoms with Crippen molar-refractivity contribution in [1.29, 1.82) is 0 Å². The van der Waals surface area contributed by atoms with Crippen LogP contribution in [0.25, 0.3) is 11.0 Å². The van der Waals surface area contributed by atoms with Crippen molar-refractivity contribution >= 4 is 17.0 Å². The van der Waals surface area contributed by atoms with Crippen molar-refractivity contribution in [1.82, 2.24) is 9.55 Å². The first-order chi connectivity index (χ1) is 9.08. The third kappa shape index (κ3) is 2.39. The number of esters is 1. The molecular weight excluding hydrogens is 248 g/mol. The average Bonchev–Trinajstić information content (AvgIpc) is 2.71. The number of fused-ring (bicyclic) bond motifs is 1. The zero-order valence-corrected chi connectivity index (χ0v) is 11.1. The number of carbonyl (C=O) groups excluding carboxylic acids is 1. The number of phenolic OH excluding ortho intramolecular Hbond substituents is 1. The lowest BCUT2D eigenvalue weighted by atomic mass is 10.2. The van der Waals surface area contributed by atoms with Crippen molar-refractivity contribution in [2.24, 2.45) is 0 Å². The molecule has 102 valence electrons. The van der Waals surface area contributed by atoms with Gasteiger partial charge in [0.15, 0.2) is 0 Å². The summed E-state index contributed by atoms with van der Waals surface area (Å²) in [6.45, 7) is 2.95. The lowest BCUT2D eigenvalue weighted by molar-refractivity contribution is 0.0600. The number of phenols is 1. The van der Waals surface area contributed by atoms with Crippen molar-refractivity contribution in [3.05, 3.63) is 23.5 Å². The van der Waals surface area contributed by atoms with E-state index in [0.717, 1.165) is 5.82 Å². The van der Waals surface area contributed by atoms with Gasteiger partial charge in [-0.3, -0.25) is 0 Å². The molecule has 0 spiro atoms. The second-order valence-corrected chi connectivity index (χ2v) is 4.16. The van der Waals surface area contributed by atoms with Crippen molar-refractivity contribution in [3.8, 4) is 5.75 Å². The number of methoxy groups -OCH3 is 2. The molecule has 6 nitrogen and oxygen atoms in total. The number of hydrogen-bond donors (Lipinski definition) is 1. The van der Waals surface area contributed by atoms with Crippen LogP contribution >= 0.6 is 0 Å². The Morgan fingerprint density at radius 1 is 1.42 bits per heavy atom. The van der Waals surface area contributed by atoms with Gasteiger partial charge in [0.05, 0.1) is 24.8 Å². The summed E-state index contributed by atoms with van der Waals surface area (Å²) in [5.41, 5.74) is 1.44. The quantitative estimate of drug-likeness (QED) is 0.847. The molecule has 19 heavy (non-hydrogen) atoms. The summed E-state index contributed by atoms with van der Waals surface area (Å²) < 4.78 is 11.5. The summed E-state index contributed by atoms with van der Waals surface area (Å²) in [5.74, 6) is 0.264. The topological polar surface area (TPSA) is 73.6 Å². The molecule has 1 aromatic heterocycles. The summed E-state index contributed by atoms with van der Waals surface area (Å²) in [5, 5.41) is 10.1. The highest BCUT2D eigenvalue weighted by molar-refractivity contribution is 5.96. The molecule has 0 radical (unpaired) electrons. The van der Waals surface area contributed by atoms with Crippen LogP contribution < -0.4 is 0 Å². The van der Waals surface area contributed by atoms with Crippen LogP contribution in [0.3, 0.4) is 0 Å². The van der Waals surface area contributed by atoms with E-state index < -0.39 is 5.97 Å². The molecule has 1 N–H and O–H groups in total. The molecule has 0 bridgehead atoms. The Morgan fingerprint density at radius 3 is 2.79 bits per heavy atom. The maximum atomic E-state index is 11.5. The minimum atomic E-state index is -0.499. The van der Waals surface area contributed by atoms with Crippen LogP contribution in [0.5, 0.6) is 5.75 Å². The molecule has 0 aliphatic rings. The Hall–Kier alpha value is -2.08. The van der Waals surface area contributed by atoms with E-state index >= 15 is 0 Å². The number of imidazole rings is 1. The first-order valence-electron chi connectivity index (χ1n) is 5.85. The Balaban J connectivity index is 2.56. The summed E-state index contributed by atoms with van der Waals surface area (Å²) in [6, 6.07) is 3.00. The number of ether oxygens (including phenoxy) is 2. The summed E-state index contributed by atoms with van der Waals surface area (Å²) in [6.07, 6.45) is 0. The third-order valence-electron chi connectivity index (χ3n) is 2.95. The van der Waals surface area contributed by atoms with Crippen molar-refractivity contribution in [3.63, 3.8) is 0 Å². The van der Waals surface area contributed by atoms with Crippen molar-refractivity contribution < 1.29 is 19.4 Å². The van der Waals surface area contributed by atoms with E-state index in [1.165, 1.54) is 13.2 Å². The number of benzene rings is 1. The predicted molar refractivity (Wildman–Crippen MR) is 69.4 cm³/mol. The van der Waals surface area contributed by atoms with Crippen LogP contribution in [0.2, 0.25) is 0 Å². The van der Waals surface area contributed by atoms with E-state index in [1.807, 2.05) is 11.5 Å². The summed E-state index contributed by atoms with van der Waals surface area (Å²) >= 11 is 0. The standard InChI is InChI=1S/C13H16N2O4/c1-8-14-10-6-9(13(17)19-3)7-11(16)12(10)15(8)4-5-18-2/h6-7,16H,4-5H2,1-3H3. The number of rotatable bonds is 4. The molecule has 0 aliphatic heterocycles. The molecule has 1 aromatic carbocycles. The normalized spacial score (nSPS) is 10.9. The van der Waals surface area contributed by atoms with E-state index in [4.69, 9.17) is 4.74 Å². The lowest BCUT2D eigenvalue weighted by Gasteiger charge is -2.07. The number of nitrogens with zero attached hydrogens (tertiary/aromatic N) is 2. The first-order valence-corrected chi connectivity index (χ1v) is 5.85. The fourth-order valence-electron chi connectivity index (χ4n) is 2.05. The van der Waals surface area contributed by atoms with Gasteiger partial charge in [0.2, 0.25) is 0 Å². The Morgan fingerprint density at radius 2 is 2.16 bits per heavy atom. The van der Waals surface area contributed by atoms with Crippen LogP contribution in [0, 0.1) is 6.92 Å². The molecule has 2 rings (SSSR count). The van der Waals surface area contributed by atoms with Gasteiger partial charge in [0.25, 0.3) is 0 Å². The molecule has 2 aromatic rings. The van der Waals surface area contributed by atoms with Crippen LogP contribution in [0.15, 0.2) is 12.1 Å². The van der Waals surface area contributed by atoms with E-state index in [9.17, 15) is 9.90 Å². The van der Waals surface area contributed by atoms with Gasteiger partial charge in [-0.25, -0.2) is 9.78 Å². The maximum absolute atomic E-state index is 11.5. The van der Waals surface area contributed by atoms with Gasteiger partial charge in [0.1, 0.15) is 17.1 Å². The summed E-state index contributed by atoms with van der Waals surface area (Å²) in [7, 11) is 2.91. The minimum absolute atomic E-state index is 0.00889. The maximum Gasteiger partial charge on any atom is 0.338 e. The SMILES string of the molecule is COCCn1c(C)nc2cc(C(=O)OC)cc(O)c21. The smallest absolute Gasteiger partial charge is 0.338 e. The van der Waals surface area contributed by atoms with E-state index in [1.54, 1.807) is 13.2 Å². The zero-order valence-electron chi connectivity index (χ0n) is 11.1. The van der Waals surface area contributed by atoms with Gasteiger partial charge >= 0.3 is 5.97 Å². The summed E-state index contributed by atoms with van der Waals surface area (Å²) in [4.78, 5) is 15.8. The van der Waals surface area contributed by atoms with Gasteiger partial charge in [-0.2, -0.15) is 0 Å². The molecule has 0 aliphatic carbocycles. The average molecular weight is 264 g/mol. The lowest BCUT2D eigenvalue weighted by Crippen LogP contribution is -2.06. The van der Waals surface area contributed by atoms with Gasteiger partial charge in [-0.15, -0.1) is 0 Å². The highest BCUT2D eigenvalue weighted by Crippen LogP contribution is 2.27. The largest absolute Gasteiger partial charge is 0.506 e. The van der Waals surface area contributed by atoms with Crippen LogP contribution in [0.4, 0.5) is 0 Å². The number of hydrogen-bond acceptors (Lipinski definition) is 5. The molecule has 0 saturated heterocycles. The highest BCUT2D eigenvalue weighted by atomic mass is 16.5. The number of aryl methyl sites for hydroxylation is 1. The highest BCUT2D eigenvalue weighted by Gasteiger charge is 2.16. The molecule has 0 unspecified atom stereocenters. The fraction of sp³-hybridized carbons (Fsp3) is 0.385. The second kappa shape index (κ2) is 5.27. The van der Waals surface area contributed by atoms with E-state index in [2.05, 4.69) is 9.72 Å².